The summed E-state index contributed by atoms with van der Waals surface area (Å²) in [6.07, 6.45) is 11.5. The Balaban J connectivity index is 1.38. The molecule has 33 heavy (non-hydrogen) atoms. The van der Waals surface area contributed by atoms with E-state index >= 15 is 0 Å². The minimum absolute atomic E-state index is 0.512. The molecule has 0 amide bonds. The van der Waals surface area contributed by atoms with Gasteiger partial charge in [0.2, 0.25) is 0 Å². The van der Waals surface area contributed by atoms with E-state index < -0.39 is 0 Å². The van der Waals surface area contributed by atoms with Gasteiger partial charge >= 0.3 is 0 Å². The number of unbranched alkanes of at least 4 members (excludes halogenated alkanes) is 1. The van der Waals surface area contributed by atoms with Crippen LogP contribution in [-0.4, -0.2) is 40.4 Å². The van der Waals surface area contributed by atoms with Crippen LogP contribution in [0.15, 0.2) is 42.6 Å². The molecule has 1 fully saturated rings. The van der Waals surface area contributed by atoms with Crippen LogP contribution in [0.25, 0.3) is 22.5 Å². The van der Waals surface area contributed by atoms with Crippen LogP contribution in [-0.2, 0) is 13.0 Å². The SMILES string of the molecule is CCCCc1nc(C2CCCCC2)nn1Cc1ccc(-c2ccccc2-c2nnn[nH]2)cn1. The first-order chi connectivity index (χ1) is 16.3. The fourth-order valence-corrected chi connectivity index (χ4v) is 4.62. The zero-order chi connectivity index (χ0) is 22.5. The number of aryl methyl sites for hydroxylation is 1. The topological polar surface area (TPSA) is 98.1 Å². The van der Waals surface area contributed by atoms with Crippen molar-refractivity contribution in [1.29, 1.82) is 0 Å². The highest BCUT2D eigenvalue weighted by atomic mass is 15.5. The van der Waals surface area contributed by atoms with Crippen LogP contribution in [0.3, 0.4) is 0 Å². The number of hydrogen-bond donors (Lipinski definition) is 1. The molecule has 1 N–H and O–H groups in total. The van der Waals surface area contributed by atoms with Gasteiger partial charge in [-0.2, -0.15) is 5.10 Å². The lowest BCUT2D eigenvalue weighted by Gasteiger charge is -2.18. The van der Waals surface area contributed by atoms with Gasteiger partial charge in [-0.05, 0) is 41.3 Å². The van der Waals surface area contributed by atoms with Gasteiger partial charge in [-0.3, -0.25) is 4.98 Å². The molecule has 170 valence electrons. The quantitative estimate of drug-likeness (QED) is 0.414. The molecule has 1 aliphatic rings. The summed E-state index contributed by atoms with van der Waals surface area (Å²) in [5, 5.41) is 19.3. The number of H-pyrrole nitrogens is 1. The highest BCUT2D eigenvalue weighted by Gasteiger charge is 2.21. The lowest BCUT2D eigenvalue weighted by Crippen LogP contribution is -2.09. The van der Waals surface area contributed by atoms with Crippen molar-refractivity contribution in [3.8, 4) is 22.5 Å². The molecule has 5 rings (SSSR count). The van der Waals surface area contributed by atoms with Gasteiger partial charge in [0.25, 0.3) is 0 Å². The van der Waals surface area contributed by atoms with E-state index in [1.165, 1.54) is 32.1 Å². The first kappa shape index (κ1) is 21.4. The van der Waals surface area contributed by atoms with E-state index in [1.807, 2.05) is 24.4 Å². The van der Waals surface area contributed by atoms with Crippen LogP contribution < -0.4 is 0 Å². The van der Waals surface area contributed by atoms with Crippen molar-refractivity contribution < 1.29 is 0 Å². The van der Waals surface area contributed by atoms with Gasteiger partial charge in [-0.15, -0.1) is 5.10 Å². The van der Waals surface area contributed by atoms with Crippen LogP contribution in [0.1, 0.15) is 75.1 Å². The van der Waals surface area contributed by atoms with Crippen molar-refractivity contribution in [2.24, 2.45) is 0 Å². The second-order valence-electron chi connectivity index (χ2n) is 8.82. The Labute approximate surface area is 193 Å². The second-order valence-corrected chi connectivity index (χ2v) is 8.82. The number of rotatable bonds is 8. The fourth-order valence-electron chi connectivity index (χ4n) is 4.62. The maximum absolute atomic E-state index is 4.97. The molecule has 0 bridgehead atoms. The molecule has 1 aliphatic carbocycles. The third-order valence-corrected chi connectivity index (χ3v) is 6.46. The Morgan fingerprint density at radius 3 is 2.61 bits per heavy atom. The largest absolute Gasteiger partial charge is 0.259 e. The number of hydrogen-bond acceptors (Lipinski definition) is 6. The molecule has 0 spiro atoms. The van der Waals surface area contributed by atoms with Gasteiger partial charge in [0.15, 0.2) is 11.6 Å². The summed E-state index contributed by atoms with van der Waals surface area (Å²) < 4.78 is 2.08. The van der Waals surface area contributed by atoms with Crippen molar-refractivity contribution in [2.45, 2.75) is 70.8 Å². The molecule has 3 aromatic heterocycles. The summed E-state index contributed by atoms with van der Waals surface area (Å²) in [6.45, 7) is 2.86. The van der Waals surface area contributed by atoms with Crippen LogP contribution in [0, 0.1) is 0 Å². The van der Waals surface area contributed by atoms with Gasteiger partial charge in [0.1, 0.15) is 5.82 Å². The molecule has 0 atom stereocenters. The second kappa shape index (κ2) is 10.0. The van der Waals surface area contributed by atoms with Gasteiger partial charge in [-0.1, -0.05) is 62.9 Å². The fraction of sp³-hybridized carbons (Fsp3) is 0.440. The van der Waals surface area contributed by atoms with Crippen molar-refractivity contribution in [3.05, 3.63) is 59.9 Å². The minimum atomic E-state index is 0.512. The van der Waals surface area contributed by atoms with Crippen LogP contribution in [0.4, 0.5) is 0 Å². The maximum Gasteiger partial charge on any atom is 0.180 e. The smallest absolute Gasteiger partial charge is 0.180 e. The van der Waals surface area contributed by atoms with Crippen molar-refractivity contribution >= 4 is 0 Å². The Kier molecular flexibility index (Phi) is 6.51. The number of tetrazole rings is 1. The summed E-state index contributed by atoms with van der Waals surface area (Å²) >= 11 is 0. The van der Waals surface area contributed by atoms with E-state index in [9.17, 15) is 0 Å². The number of pyridine rings is 1. The molecule has 0 radical (unpaired) electrons. The average Bonchev–Trinajstić information content (AvgIpc) is 3.54. The molecule has 1 aromatic carbocycles. The lowest BCUT2D eigenvalue weighted by molar-refractivity contribution is 0.426. The number of aromatic nitrogens is 8. The summed E-state index contributed by atoms with van der Waals surface area (Å²) in [5.74, 6) is 3.28. The average molecular weight is 443 g/mol. The van der Waals surface area contributed by atoms with E-state index in [2.05, 4.69) is 50.4 Å². The molecule has 0 unspecified atom stereocenters. The van der Waals surface area contributed by atoms with E-state index in [1.54, 1.807) is 0 Å². The maximum atomic E-state index is 4.97. The van der Waals surface area contributed by atoms with Crippen molar-refractivity contribution in [3.63, 3.8) is 0 Å². The van der Waals surface area contributed by atoms with Gasteiger partial charge in [0.05, 0.1) is 12.2 Å². The van der Waals surface area contributed by atoms with Crippen molar-refractivity contribution in [2.75, 3.05) is 0 Å². The molecule has 3 heterocycles. The molecule has 4 aromatic rings. The van der Waals surface area contributed by atoms with Gasteiger partial charge in [-0.25, -0.2) is 14.8 Å². The van der Waals surface area contributed by atoms with E-state index in [-0.39, 0.29) is 0 Å². The number of aromatic amines is 1. The lowest BCUT2D eigenvalue weighted by atomic mass is 9.89. The Morgan fingerprint density at radius 2 is 1.88 bits per heavy atom. The predicted octanol–water partition coefficient (Wildman–Crippen LogP) is 4.96. The number of nitrogens with one attached hydrogen (secondary N) is 1. The molecule has 8 nitrogen and oxygen atoms in total. The third-order valence-electron chi connectivity index (χ3n) is 6.46. The van der Waals surface area contributed by atoms with Crippen molar-refractivity contribution in [1.82, 2.24) is 40.4 Å². The Morgan fingerprint density at radius 1 is 1.03 bits per heavy atom. The number of nitrogens with zero attached hydrogens (tertiary/aromatic N) is 7. The molecular formula is C25H30N8. The molecule has 0 aliphatic heterocycles. The Hall–Kier alpha value is -3.42. The summed E-state index contributed by atoms with van der Waals surface area (Å²) in [6, 6.07) is 12.2. The Bertz CT molecular complexity index is 1160. The normalized spacial score (nSPS) is 14.6. The minimum Gasteiger partial charge on any atom is -0.259 e. The summed E-state index contributed by atoms with van der Waals surface area (Å²) in [4.78, 5) is 9.74. The van der Waals surface area contributed by atoms with E-state index in [0.717, 1.165) is 53.3 Å². The molecule has 8 heteroatoms. The van der Waals surface area contributed by atoms with Crippen LogP contribution in [0.2, 0.25) is 0 Å². The van der Waals surface area contributed by atoms with Gasteiger partial charge in [0, 0.05) is 29.7 Å². The van der Waals surface area contributed by atoms with E-state index in [0.29, 0.717) is 18.3 Å². The summed E-state index contributed by atoms with van der Waals surface area (Å²) in [7, 11) is 0. The molecular weight excluding hydrogens is 412 g/mol. The highest BCUT2D eigenvalue weighted by molar-refractivity contribution is 5.79. The predicted molar refractivity (Wildman–Crippen MR) is 126 cm³/mol. The van der Waals surface area contributed by atoms with Crippen LogP contribution >= 0.6 is 0 Å². The van der Waals surface area contributed by atoms with Crippen LogP contribution in [0.5, 0.6) is 0 Å². The third kappa shape index (κ3) is 4.84. The van der Waals surface area contributed by atoms with Gasteiger partial charge < -0.3 is 0 Å². The zero-order valence-corrected chi connectivity index (χ0v) is 19.1. The highest BCUT2D eigenvalue weighted by Crippen LogP contribution is 2.31. The first-order valence-corrected chi connectivity index (χ1v) is 12.0. The van der Waals surface area contributed by atoms with E-state index in [4.69, 9.17) is 15.1 Å². The summed E-state index contributed by atoms with van der Waals surface area (Å²) in [5.41, 5.74) is 4.00. The molecule has 0 saturated heterocycles. The molecule has 1 saturated carbocycles. The number of benzene rings is 1. The standard InChI is InChI=1S/C25H30N8/c1-2-3-13-23-27-24(18-9-5-4-6-10-18)30-33(23)17-20-15-14-19(16-26-20)21-11-7-8-12-22(21)25-28-31-32-29-25/h7-8,11-12,14-16,18H,2-6,9-10,13,17H2,1H3,(H,28,29,31,32). The monoisotopic (exact) mass is 442 g/mol. The zero-order valence-electron chi connectivity index (χ0n) is 19.1. The first-order valence-electron chi connectivity index (χ1n) is 12.0.